The Morgan fingerprint density at radius 2 is 1.76 bits per heavy atom. The van der Waals surface area contributed by atoms with Crippen molar-refractivity contribution in [3.05, 3.63) is 87.1 Å². The van der Waals surface area contributed by atoms with Crippen molar-refractivity contribution < 1.29 is 14.3 Å². The molecule has 3 aromatic rings. The molecule has 0 radical (unpaired) electrons. The maximum Gasteiger partial charge on any atom is 0.254 e. The summed E-state index contributed by atoms with van der Waals surface area (Å²) in [5.74, 6) is 0.538. The summed E-state index contributed by atoms with van der Waals surface area (Å²) in [7, 11) is 1.60. The summed E-state index contributed by atoms with van der Waals surface area (Å²) in [5.41, 5.74) is 4.19. The van der Waals surface area contributed by atoms with E-state index < -0.39 is 0 Å². The molecule has 2 aromatic carbocycles. The fraction of sp³-hybridized carbons (Fsp3) is 0.419. The fourth-order valence-corrected chi connectivity index (χ4v) is 5.80. The first kappa shape index (κ1) is 26.9. The van der Waals surface area contributed by atoms with Crippen LogP contribution in [0, 0.1) is 0 Å². The summed E-state index contributed by atoms with van der Waals surface area (Å²) in [6.07, 6.45) is 1.60. The summed E-state index contributed by atoms with van der Waals surface area (Å²) >= 11 is 1.76. The first-order valence-corrected chi connectivity index (χ1v) is 13.9. The molecular formula is C31H38N2O3S. The number of nitrogens with zero attached hydrogens (tertiary/aromatic N) is 2. The predicted octanol–water partition coefficient (Wildman–Crippen LogP) is 6.47. The average molecular weight is 519 g/mol. The molecule has 5 nitrogen and oxygen atoms in total. The van der Waals surface area contributed by atoms with Crippen molar-refractivity contribution in [2.24, 2.45) is 0 Å². The van der Waals surface area contributed by atoms with Gasteiger partial charge in [0.1, 0.15) is 12.3 Å². The average Bonchev–Trinajstić information content (AvgIpc) is 3.39. The van der Waals surface area contributed by atoms with Gasteiger partial charge in [0, 0.05) is 23.0 Å². The van der Waals surface area contributed by atoms with Gasteiger partial charge in [-0.25, -0.2) is 0 Å². The Morgan fingerprint density at radius 3 is 2.35 bits per heavy atom. The molecule has 2 atom stereocenters. The predicted molar refractivity (Wildman–Crippen MR) is 151 cm³/mol. The van der Waals surface area contributed by atoms with Crippen molar-refractivity contribution in [1.29, 1.82) is 0 Å². The number of thiophene rings is 1. The van der Waals surface area contributed by atoms with Crippen LogP contribution in [0.3, 0.4) is 0 Å². The molecule has 0 N–H and O–H groups in total. The topological polar surface area (TPSA) is 49.9 Å². The molecule has 0 bridgehead atoms. The van der Waals surface area contributed by atoms with Gasteiger partial charge in [-0.15, -0.1) is 11.3 Å². The Hall–Kier alpha value is -3.12. The first-order chi connectivity index (χ1) is 17.6. The van der Waals surface area contributed by atoms with Crippen LogP contribution in [-0.2, 0) is 16.6 Å². The monoisotopic (exact) mass is 518 g/mol. The first-order valence-electron chi connectivity index (χ1n) is 13.0. The minimum Gasteiger partial charge on any atom is -0.497 e. The minimum atomic E-state index is -0.147. The second kappa shape index (κ2) is 11.1. The van der Waals surface area contributed by atoms with E-state index in [4.69, 9.17) is 4.74 Å². The zero-order valence-corrected chi connectivity index (χ0v) is 23.6. The zero-order valence-electron chi connectivity index (χ0n) is 22.8. The zero-order chi connectivity index (χ0) is 26.7. The third kappa shape index (κ3) is 5.74. The maximum atomic E-state index is 13.9. The summed E-state index contributed by atoms with van der Waals surface area (Å²) in [6.45, 7) is 11.4. The molecule has 2 heterocycles. The van der Waals surface area contributed by atoms with Crippen LogP contribution in [0.15, 0.2) is 60.0 Å². The number of hydrogen-bond donors (Lipinski definition) is 0. The Bertz CT molecular complexity index is 1220. The van der Waals surface area contributed by atoms with Gasteiger partial charge in [-0.1, -0.05) is 52.0 Å². The van der Waals surface area contributed by atoms with Crippen LogP contribution in [-0.4, -0.2) is 47.9 Å². The van der Waals surface area contributed by atoms with Gasteiger partial charge < -0.3 is 14.5 Å². The van der Waals surface area contributed by atoms with E-state index in [0.29, 0.717) is 17.9 Å². The van der Waals surface area contributed by atoms with Crippen molar-refractivity contribution in [1.82, 2.24) is 9.80 Å². The summed E-state index contributed by atoms with van der Waals surface area (Å²) in [6, 6.07) is 17.7. The Kier molecular flexibility index (Phi) is 8.08. The van der Waals surface area contributed by atoms with Crippen LogP contribution >= 0.6 is 11.3 Å². The molecule has 0 spiro atoms. The van der Waals surface area contributed by atoms with Crippen molar-refractivity contribution >= 4 is 23.2 Å². The number of ether oxygens (including phenoxy) is 1. The third-order valence-corrected chi connectivity index (χ3v) is 8.40. The molecule has 1 aliphatic rings. The van der Waals surface area contributed by atoms with Gasteiger partial charge in [-0.05, 0) is 77.6 Å². The fourth-order valence-electron chi connectivity index (χ4n) is 4.89. The van der Waals surface area contributed by atoms with Crippen LogP contribution in [0.4, 0.5) is 0 Å². The summed E-state index contributed by atoms with van der Waals surface area (Å²) in [5, 5.41) is 2.12. The highest BCUT2D eigenvalue weighted by atomic mass is 32.1. The molecule has 0 saturated heterocycles. The molecule has 4 rings (SSSR count). The van der Waals surface area contributed by atoms with E-state index in [-0.39, 0.29) is 35.9 Å². The number of carbonyl (C=O) groups excluding carboxylic acids is 2. The van der Waals surface area contributed by atoms with Gasteiger partial charge in [-0.2, -0.15) is 0 Å². The summed E-state index contributed by atoms with van der Waals surface area (Å²) < 4.78 is 5.24. The highest BCUT2D eigenvalue weighted by Gasteiger charge is 2.35. The second-order valence-corrected chi connectivity index (χ2v) is 11.8. The second-order valence-electron chi connectivity index (χ2n) is 10.8. The molecule has 6 heteroatoms. The van der Waals surface area contributed by atoms with Gasteiger partial charge in [0.05, 0.1) is 13.2 Å². The number of carbonyl (C=O) groups is 2. The van der Waals surface area contributed by atoms with Crippen molar-refractivity contribution in [3.8, 4) is 5.75 Å². The lowest BCUT2D eigenvalue weighted by molar-refractivity contribution is -0.134. The van der Waals surface area contributed by atoms with E-state index in [1.165, 1.54) is 16.0 Å². The smallest absolute Gasteiger partial charge is 0.254 e. The number of hydrogen-bond acceptors (Lipinski definition) is 4. The van der Waals surface area contributed by atoms with Crippen LogP contribution in [0.5, 0.6) is 5.75 Å². The molecule has 0 aliphatic carbocycles. The lowest BCUT2D eigenvalue weighted by Gasteiger charge is -2.38. The van der Waals surface area contributed by atoms with Crippen molar-refractivity contribution in [2.75, 3.05) is 20.2 Å². The SMILES string of the molecule is CCC(C)N(CC(=O)N1CCc2sccc2C1c1ccc(C(C)(C)C)cc1)C(=O)c1ccc(OC)cc1. The van der Waals surface area contributed by atoms with Crippen LogP contribution in [0.1, 0.15) is 79.0 Å². The molecule has 2 unspecified atom stereocenters. The van der Waals surface area contributed by atoms with Crippen LogP contribution in [0.2, 0.25) is 0 Å². The maximum absolute atomic E-state index is 13.9. The van der Waals surface area contributed by atoms with E-state index in [9.17, 15) is 9.59 Å². The Labute approximate surface area is 225 Å². The molecule has 37 heavy (non-hydrogen) atoms. The molecule has 1 aliphatic heterocycles. The quantitative estimate of drug-likeness (QED) is 0.360. The van der Waals surface area contributed by atoms with E-state index in [2.05, 4.69) is 56.5 Å². The molecule has 2 amide bonds. The van der Waals surface area contributed by atoms with Gasteiger partial charge in [-0.3, -0.25) is 9.59 Å². The van der Waals surface area contributed by atoms with E-state index in [1.54, 1.807) is 47.6 Å². The molecule has 0 fully saturated rings. The Balaban J connectivity index is 1.63. The van der Waals surface area contributed by atoms with Gasteiger partial charge in [0.25, 0.3) is 5.91 Å². The number of fused-ring (bicyclic) bond motifs is 1. The highest BCUT2D eigenvalue weighted by molar-refractivity contribution is 7.10. The lowest BCUT2D eigenvalue weighted by Crippen LogP contribution is -2.49. The van der Waals surface area contributed by atoms with E-state index in [0.717, 1.165) is 18.4 Å². The summed E-state index contributed by atoms with van der Waals surface area (Å²) in [4.78, 5) is 32.5. The molecule has 0 saturated carbocycles. The largest absolute Gasteiger partial charge is 0.497 e. The molecular weight excluding hydrogens is 480 g/mol. The van der Waals surface area contributed by atoms with Crippen LogP contribution in [0.25, 0.3) is 0 Å². The van der Waals surface area contributed by atoms with Crippen LogP contribution < -0.4 is 4.74 Å². The third-order valence-electron chi connectivity index (χ3n) is 7.41. The van der Waals surface area contributed by atoms with Gasteiger partial charge >= 0.3 is 0 Å². The number of methoxy groups -OCH3 is 1. The lowest BCUT2D eigenvalue weighted by atomic mass is 9.85. The number of rotatable bonds is 7. The standard InChI is InChI=1S/C31H38N2O3S/c1-7-21(2)33(30(35)23-10-14-25(36-6)15-11-23)20-28(34)32-18-16-27-26(17-19-37-27)29(32)22-8-12-24(13-9-22)31(3,4)5/h8-15,17,19,21,29H,7,16,18,20H2,1-6H3. The van der Waals surface area contributed by atoms with Crippen molar-refractivity contribution in [3.63, 3.8) is 0 Å². The van der Waals surface area contributed by atoms with Gasteiger partial charge in [0.2, 0.25) is 5.91 Å². The highest BCUT2D eigenvalue weighted by Crippen LogP contribution is 2.38. The van der Waals surface area contributed by atoms with Crippen molar-refractivity contribution in [2.45, 2.75) is 65.0 Å². The molecule has 196 valence electrons. The molecule has 1 aromatic heterocycles. The normalized spacial score (nSPS) is 16.2. The van der Waals surface area contributed by atoms with E-state index >= 15 is 0 Å². The number of amides is 2. The van der Waals surface area contributed by atoms with Gasteiger partial charge in [0.15, 0.2) is 0 Å². The van der Waals surface area contributed by atoms with E-state index in [1.807, 2.05) is 18.7 Å². The Morgan fingerprint density at radius 1 is 1.08 bits per heavy atom. The minimum absolute atomic E-state index is 0.0242. The number of benzene rings is 2.